The molecule has 0 heterocycles. The fourth-order valence-corrected chi connectivity index (χ4v) is 2.70. The summed E-state index contributed by atoms with van der Waals surface area (Å²) in [5.41, 5.74) is 5.46. The number of carbonyl (C=O) groups excluding carboxylic acids is 1. The number of ether oxygens (including phenoxy) is 1. The van der Waals surface area contributed by atoms with Gasteiger partial charge in [0.1, 0.15) is 0 Å². The van der Waals surface area contributed by atoms with Crippen molar-refractivity contribution in [3.63, 3.8) is 0 Å². The van der Waals surface area contributed by atoms with Gasteiger partial charge in [0.15, 0.2) is 0 Å². The molecule has 0 bridgehead atoms. The molecule has 0 spiro atoms. The molecule has 2 N–H and O–H groups in total. The van der Waals surface area contributed by atoms with Gasteiger partial charge in [-0.05, 0) is 31.6 Å². The van der Waals surface area contributed by atoms with E-state index in [0.717, 1.165) is 25.7 Å². The highest BCUT2D eigenvalue weighted by Crippen LogP contribution is 2.36. The van der Waals surface area contributed by atoms with Crippen LogP contribution in [-0.4, -0.2) is 19.1 Å². The summed E-state index contributed by atoms with van der Waals surface area (Å²) in [5, 5.41) is 0. The van der Waals surface area contributed by atoms with Gasteiger partial charge in [0, 0.05) is 6.54 Å². The van der Waals surface area contributed by atoms with Crippen LogP contribution >= 0.6 is 0 Å². The Labute approximate surface area is 112 Å². The first-order chi connectivity index (χ1) is 8.45. The van der Waals surface area contributed by atoms with Crippen LogP contribution in [0, 0.1) is 17.3 Å². The first-order valence-electron chi connectivity index (χ1n) is 7.32. The molecule has 0 aromatic carbocycles. The van der Waals surface area contributed by atoms with E-state index in [1.165, 1.54) is 0 Å². The summed E-state index contributed by atoms with van der Waals surface area (Å²) in [6.07, 6.45) is 3.86. The van der Waals surface area contributed by atoms with Gasteiger partial charge < -0.3 is 10.5 Å². The zero-order chi connectivity index (χ0) is 14.2. The van der Waals surface area contributed by atoms with Crippen LogP contribution in [0.4, 0.5) is 0 Å². The highest BCUT2D eigenvalue weighted by atomic mass is 16.5. The van der Waals surface area contributed by atoms with Gasteiger partial charge in [0.05, 0.1) is 12.0 Å². The topological polar surface area (TPSA) is 52.3 Å². The van der Waals surface area contributed by atoms with Crippen LogP contribution in [-0.2, 0) is 9.53 Å². The van der Waals surface area contributed by atoms with E-state index >= 15 is 0 Å². The molecule has 0 amide bonds. The smallest absolute Gasteiger partial charge is 0.313 e. The zero-order valence-corrected chi connectivity index (χ0v) is 12.8. The molecule has 1 unspecified atom stereocenters. The molecule has 0 aliphatic heterocycles. The number of esters is 1. The van der Waals surface area contributed by atoms with E-state index in [0.29, 0.717) is 25.0 Å². The number of nitrogens with two attached hydrogens (primary N) is 1. The fraction of sp³-hybridized carbons (Fsp3) is 0.933. The quantitative estimate of drug-likeness (QED) is 0.644. The fourth-order valence-electron chi connectivity index (χ4n) is 2.70. The maximum Gasteiger partial charge on any atom is 0.313 e. The molecule has 0 aromatic rings. The van der Waals surface area contributed by atoms with Crippen LogP contribution in [0.5, 0.6) is 0 Å². The van der Waals surface area contributed by atoms with Gasteiger partial charge in [0.2, 0.25) is 0 Å². The van der Waals surface area contributed by atoms with Gasteiger partial charge in [-0.3, -0.25) is 4.79 Å². The second-order valence-corrected chi connectivity index (χ2v) is 5.69. The standard InChI is InChI=1S/C15H31NO2/c1-6-13(7-2)10-15(11-16,9-12(4)5)14(17)18-8-3/h12-13H,6-11,16H2,1-5H3. The lowest BCUT2D eigenvalue weighted by Crippen LogP contribution is -2.42. The normalized spacial score (nSPS) is 14.9. The van der Waals surface area contributed by atoms with E-state index in [9.17, 15) is 4.79 Å². The molecule has 0 saturated carbocycles. The van der Waals surface area contributed by atoms with E-state index in [4.69, 9.17) is 10.5 Å². The van der Waals surface area contributed by atoms with Crippen molar-refractivity contribution in [3.05, 3.63) is 0 Å². The van der Waals surface area contributed by atoms with Crippen molar-refractivity contribution in [2.24, 2.45) is 23.0 Å². The molecule has 3 nitrogen and oxygen atoms in total. The second kappa shape index (κ2) is 8.52. The number of rotatable bonds is 9. The number of carbonyl (C=O) groups is 1. The van der Waals surface area contributed by atoms with Gasteiger partial charge in [0.25, 0.3) is 0 Å². The van der Waals surface area contributed by atoms with Crippen molar-refractivity contribution < 1.29 is 9.53 Å². The molecule has 0 aromatic heterocycles. The van der Waals surface area contributed by atoms with Crippen molar-refractivity contribution in [3.8, 4) is 0 Å². The average Bonchev–Trinajstić information content (AvgIpc) is 2.34. The van der Waals surface area contributed by atoms with E-state index < -0.39 is 5.41 Å². The van der Waals surface area contributed by atoms with Gasteiger partial charge in [-0.15, -0.1) is 0 Å². The van der Waals surface area contributed by atoms with E-state index in [2.05, 4.69) is 27.7 Å². The minimum atomic E-state index is -0.485. The van der Waals surface area contributed by atoms with E-state index in [-0.39, 0.29) is 5.97 Å². The first-order valence-corrected chi connectivity index (χ1v) is 7.32. The van der Waals surface area contributed by atoms with Gasteiger partial charge in [-0.25, -0.2) is 0 Å². The Balaban J connectivity index is 5.02. The SMILES string of the molecule is CCOC(=O)C(CN)(CC(C)C)CC(CC)CC. The van der Waals surface area contributed by atoms with Crippen LogP contribution in [0.2, 0.25) is 0 Å². The summed E-state index contributed by atoms with van der Waals surface area (Å²) in [7, 11) is 0. The molecule has 0 saturated heterocycles. The van der Waals surface area contributed by atoms with E-state index in [1.54, 1.807) is 0 Å². The lowest BCUT2D eigenvalue weighted by atomic mass is 9.72. The van der Waals surface area contributed by atoms with Crippen LogP contribution in [0.3, 0.4) is 0 Å². The molecule has 108 valence electrons. The van der Waals surface area contributed by atoms with Gasteiger partial charge in [-0.1, -0.05) is 40.5 Å². The van der Waals surface area contributed by atoms with Crippen LogP contribution in [0.25, 0.3) is 0 Å². The summed E-state index contributed by atoms with van der Waals surface area (Å²) >= 11 is 0. The Morgan fingerprint density at radius 2 is 1.72 bits per heavy atom. The third kappa shape index (κ3) is 4.97. The first kappa shape index (κ1) is 17.4. The molecule has 0 aliphatic carbocycles. The predicted molar refractivity (Wildman–Crippen MR) is 76.3 cm³/mol. The van der Waals surface area contributed by atoms with Gasteiger partial charge in [-0.2, -0.15) is 0 Å². The van der Waals surface area contributed by atoms with Crippen LogP contribution < -0.4 is 5.73 Å². The third-order valence-electron chi connectivity index (χ3n) is 3.73. The molecule has 0 radical (unpaired) electrons. The lowest BCUT2D eigenvalue weighted by molar-refractivity contribution is -0.157. The zero-order valence-electron chi connectivity index (χ0n) is 12.8. The third-order valence-corrected chi connectivity index (χ3v) is 3.73. The molecule has 0 aliphatic rings. The maximum atomic E-state index is 12.3. The van der Waals surface area contributed by atoms with Crippen molar-refractivity contribution in [1.82, 2.24) is 0 Å². The molecule has 0 fully saturated rings. The highest BCUT2D eigenvalue weighted by molar-refractivity contribution is 5.77. The Morgan fingerprint density at radius 1 is 1.17 bits per heavy atom. The minimum absolute atomic E-state index is 0.104. The Morgan fingerprint density at radius 3 is 2.06 bits per heavy atom. The van der Waals surface area contributed by atoms with Crippen LogP contribution in [0.1, 0.15) is 60.3 Å². The van der Waals surface area contributed by atoms with E-state index in [1.807, 2.05) is 6.92 Å². The molecule has 18 heavy (non-hydrogen) atoms. The summed E-state index contributed by atoms with van der Waals surface area (Å²) in [5.74, 6) is 0.900. The Hall–Kier alpha value is -0.570. The van der Waals surface area contributed by atoms with Crippen LogP contribution in [0.15, 0.2) is 0 Å². The summed E-state index contributed by atoms with van der Waals surface area (Å²) in [4.78, 5) is 12.3. The number of hydrogen-bond acceptors (Lipinski definition) is 3. The van der Waals surface area contributed by atoms with Gasteiger partial charge >= 0.3 is 5.97 Å². The predicted octanol–water partition coefficient (Wildman–Crippen LogP) is 3.37. The largest absolute Gasteiger partial charge is 0.466 e. The molecular formula is C15H31NO2. The molecular weight excluding hydrogens is 226 g/mol. The summed E-state index contributed by atoms with van der Waals surface area (Å²) < 4.78 is 5.27. The molecule has 0 rings (SSSR count). The van der Waals surface area contributed by atoms with Crippen molar-refractivity contribution in [2.45, 2.75) is 60.3 Å². The summed E-state index contributed by atoms with van der Waals surface area (Å²) in [6, 6.07) is 0. The Bertz CT molecular complexity index is 237. The Kier molecular flexibility index (Phi) is 8.25. The highest BCUT2D eigenvalue weighted by Gasteiger charge is 2.40. The van der Waals surface area contributed by atoms with Crippen molar-refractivity contribution in [1.29, 1.82) is 0 Å². The van der Waals surface area contributed by atoms with Crippen molar-refractivity contribution in [2.75, 3.05) is 13.2 Å². The maximum absolute atomic E-state index is 12.3. The summed E-state index contributed by atoms with van der Waals surface area (Å²) in [6.45, 7) is 11.3. The lowest BCUT2D eigenvalue weighted by Gasteiger charge is -2.34. The molecule has 3 heteroatoms. The monoisotopic (exact) mass is 257 g/mol. The van der Waals surface area contributed by atoms with Crippen molar-refractivity contribution >= 4 is 5.97 Å². The average molecular weight is 257 g/mol. The second-order valence-electron chi connectivity index (χ2n) is 5.69. The number of hydrogen-bond donors (Lipinski definition) is 1. The minimum Gasteiger partial charge on any atom is -0.466 e. The molecule has 1 atom stereocenters.